The van der Waals surface area contributed by atoms with Crippen molar-refractivity contribution < 1.29 is 45.1 Å². The number of hydrogen-bond donors (Lipinski definition) is 0. The van der Waals surface area contributed by atoms with Crippen LogP contribution in [0.5, 0.6) is 0 Å². The fourth-order valence-corrected chi connectivity index (χ4v) is 30.6. The minimum atomic E-state index is -3.04. The maximum atomic E-state index is 2.60. The standard InChI is InChI=1S/2C13H13.C6H12.2ClH.Zr/c2*1-10-8-11(2)13(9-10)12-6-4-3-5-7-12;1-5(2)6(3)4;;;/h2*3-7,9-10H,1-2H3;1-4H3;2*1H;/q;;;;;+2/p-2. The van der Waals surface area contributed by atoms with Crippen LogP contribution in [-0.4, -0.2) is 0 Å². The first-order chi connectivity index (χ1) is 15.6. The normalized spacial score (nSPS) is 24.6. The Kier molecular flexibility index (Phi) is 7.82. The second-order valence-electron chi connectivity index (χ2n) is 11.5. The van der Waals surface area contributed by atoms with Gasteiger partial charge in [-0.3, -0.25) is 0 Å². The van der Waals surface area contributed by atoms with E-state index < -0.39 is 20.3 Å². The summed E-state index contributed by atoms with van der Waals surface area (Å²) in [7, 11) is 0. The number of halogens is 2. The molecular formula is C32H38Cl2Zr. The third-order valence-corrected chi connectivity index (χ3v) is 29.4. The largest absolute Gasteiger partial charge is 1.00 e. The molecule has 0 spiro atoms. The Morgan fingerprint density at radius 3 is 1.17 bits per heavy atom. The van der Waals surface area contributed by atoms with Crippen LogP contribution in [0.3, 0.4) is 0 Å². The summed E-state index contributed by atoms with van der Waals surface area (Å²) in [6.45, 7) is 20.2. The molecule has 35 heavy (non-hydrogen) atoms. The SMILES string of the molecule is CC1=[C]([Zr+2]2([C]3=C(C)C(c4ccccc4)=CC3C)[C](C)(C)[C]2(C)C)C(C)C=C1c1ccccc1.[Cl-].[Cl-]. The van der Waals surface area contributed by atoms with Crippen LogP contribution < -0.4 is 24.8 Å². The Morgan fingerprint density at radius 1 is 0.571 bits per heavy atom. The maximum Gasteiger partial charge on any atom is -1.00 e. The van der Waals surface area contributed by atoms with Gasteiger partial charge in [-0.05, 0) is 0 Å². The molecule has 2 aromatic carbocycles. The Morgan fingerprint density at radius 2 is 0.886 bits per heavy atom. The van der Waals surface area contributed by atoms with E-state index in [1.165, 1.54) is 22.3 Å². The second kappa shape index (κ2) is 9.63. The molecule has 0 radical (unpaired) electrons. The molecule has 5 rings (SSSR count). The minimum Gasteiger partial charge on any atom is -1.00 e. The molecule has 1 saturated heterocycles. The summed E-state index contributed by atoms with van der Waals surface area (Å²) >= 11 is -3.04. The van der Waals surface area contributed by atoms with Crippen LogP contribution in [0.2, 0.25) is 6.25 Å². The summed E-state index contributed by atoms with van der Waals surface area (Å²) in [5, 5.41) is 0. The molecule has 2 aliphatic carbocycles. The van der Waals surface area contributed by atoms with Crippen molar-refractivity contribution in [1.29, 1.82) is 0 Å². The summed E-state index contributed by atoms with van der Waals surface area (Å²) in [5.74, 6) is 1.07. The Labute approximate surface area is 229 Å². The number of hydrogen-bond acceptors (Lipinski definition) is 0. The quantitative estimate of drug-likeness (QED) is 0.516. The molecule has 1 aliphatic heterocycles. The van der Waals surface area contributed by atoms with E-state index in [0.29, 0.717) is 18.1 Å². The zero-order valence-corrected chi connectivity index (χ0v) is 26.3. The van der Waals surface area contributed by atoms with Crippen LogP contribution in [0.4, 0.5) is 0 Å². The molecule has 3 heteroatoms. The summed E-state index contributed by atoms with van der Waals surface area (Å²) in [4.78, 5) is 0. The minimum absolute atomic E-state index is 0. The van der Waals surface area contributed by atoms with Gasteiger partial charge in [0.15, 0.2) is 0 Å². The third kappa shape index (κ3) is 3.71. The van der Waals surface area contributed by atoms with E-state index in [1.54, 1.807) is 11.1 Å². The van der Waals surface area contributed by atoms with Crippen molar-refractivity contribution in [3.8, 4) is 0 Å². The molecule has 0 saturated carbocycles. The number of rotatable bonds is 4. The van der Waals surface area contributed by atoms with Crippen molar-refractivity contribution in [3.63, 3.8) is 0 Å². The molecule has 3 aliphatic rings. The number of benzene rings is 2. The van der Waals surface area contributed by atoms with Crippen molar-refractivity contribution in [1.82, 2.24) is 0 Å². The van der Waals surface area contributed by atoms with E-state index in [4.69, 9.17) is 0 Å². The fraction of sp³-hybridized carbons (Fsp3) is 0.375. The van der Waals surface area contributed by atoms with Gasteiger partial charge in [-0.1, -0.05) is 0 Å². The van der Waals surface area contributed by atoms with Gasteiger partial charge in [0, 0.05) is 0 Å². The third-order valence-electron chi connectivity index (χ3n) is 9.71. The first kappa shape index (κ1) is 28.4. The molecule has 184 valence electrons. The van der Waals surface area contributed by atoms with E-state index >= 15 is 0 Å². The predicted octanol–water partition coefficient (Wildman–Crippen LogP) is 3.57. The van der Waals surface area contributed by atoms with Crippen LogP contribution in [0.25, 0.3) is 11.1 Å². The van der Waals surface area contributed by atoms with Gasteiger partial charge in [0.25, 0.3) is 0 Å². The maximum absolute atomic E-state index is 3.04. The first-order valence-electron chi connectivity index (χ1n) is 12.5. The van der Waals surface area contributed by atoms with Gasteiger partial charge in [0.05, 0.1) is 0 Å². The van der Waals surface area contributed by atoms with E-state index in [0.717, 1.165) is 0 Å². The number of allylic oxidation sites excluding steroid dienone is 8. The zero-order chi connectivity index (χ0) is 23.8. The van der Waals surface area contributed by atoms with Gasteiger partial charge in [-0.2, -0.15) is 0 Å². The van der Waals surface area contributed by atoms with Crippen molar-refractivity contribution in [2.75, 3.05) is 0 Å². The molecule has 0 nitrogen and oxygen atoms in total. The fourth-order valence-electron chi connectivity index (χ4n) is 7.80. The molecule has 2 unspecified atom stereocenters. The molecule has 0 N–H and O–H groups in total. The van der Waals surface area contributed by atoms with E-state index in [1.807, 2.05) is 6.56 Å². The van der Waals surface area contributed by atoms with Crippen molar-refractivity contribution in [2.45, 2.75) is 61.6 Å². The van der Waals surface area contributed by atoms with Gasteiger partial charge < -0.3 is 24.8 Å². The predicted molar refractivity (Wildman–Crippen MR) is 141 cm³/mol. The molecule has 2 atom stereocenters. The van der Waals surface area contributed by atoms with Gasteiger partial charge in [0.1, 0.15) is 0 Å². The topological polar surface area (TPSA) is 0 Å². The van der Waals surface area contributed by atoms with Crippen molar-refractivity contribution >= 4 is 11.1 Å². The Balaban J connectivity index is 0.00000171. The molecule has 1 fully saturated rings. The van der Waals surface area contributed by atoms with E-state index in [2.05, 4.69) is 128 Å². The van der Waals surface area contributed by atoms with Crippen LogP contribution in [-0.2, 0) is 20.3 Å². The summed E-state index contributed by atoms with van der Waals surface area (Å²) in [6.07, 6.45) is 5.15. The van der Waals surface area contributed by atoms with Crippen LogP contribution in [0.15, 0.2) is 90.5 Å². The molecule has 2 aromatic rings. The van der Waals surface area contributed by atoms with Crippen LogP contribution >= 0.6 is 0 Å². The molecule has 0 bridgehead atoms. The van der Waals surface area contributed by atoms with Gasteiger partial charge in [-0.15, -0.1) is 0 Å². The Hall–Kier alpha value is -1.14. The summed E-state index contributed by atoms with van der Waals surface area (Å²) in [5.41, 5.74) is 8.89. The molecule has 0 amide bonds. The van der Waals surface area contributed by atoms with Crippen molar-refractivity contribution in [2.24, 2.45) is 11.8 Å². The summed E-state index contributed by atoms with van der Waals surface area (Å²) in [6, 6.07) is 22.1. The van der Waals surface area contributed by atoms with Gasteiger partial charge in [-0.25, -0.2) is 0 Å². The smallest absolute Gasteiger partial charge is 1.00 e. The van der Waals surface area contributed by atoms with Crippen molar-refractivity contribution in [3.05, 3.63) is 102 Å². The zero-order valence-electron chi connectivity index (χ0n) is 22.3. The van der Waals surface area contributed by atoms with Gasteiger partial charge in [0.2, 0.25) is 0 Å². The van der Waals surface area contributed by atoms with Crippen LogP contribution in [0, 0.1) is 11.8 Å². The van der Waals surface area contributed by atoms with E-state index in [-0.39, 0.29) is 24.8 Å². The molecular weight excluding hydrogens is 546 g/mol. The second-order valence-corrected chi connectivity index (χ2v) is 24.0. The van der Waals surface area contributed by atoms with E-state index in [9.17, 15) is 0 Å². The summed E-state index contributed by atoms with van der Waals surface area (Å²) < 4.78 is 4.53. The average molecular weight is 585 g/mol. The van der Waals surface area contributed by atoms with Crippen LogP contribution in [0.1, 0.15) is 66.5 Å². The first-order valence-corrected chi connectivity index (χ1v) is 17.5. The Bertz CT molecular complexity index is 1140. The monoisotopic (exact) mass is 582 g/mol. The average Bonchev–Trinajstić information content (AvgIpc) is 3.07. The van der Waals surface area contributed by atoms with Gasteiger partial charge >= 0.3 is 207 Å². The molecule has 1 heterocycles. The molecule has 0 aromatic heterocycles.